The molecule has 1 aliphatic heterocycles. The molecule has 3 heteroatoms. The van der Waals surface area contributed by atoms with Gasteiger partial charge in [0.05, 0.1) is 16.6 Å². The lowest BCUT2D eigenvalue weighted by molar-refractivity contribution is 0.747. The van der Waals surface area contributed by atoms with Crippen LogP contribution in [-0.2, 0) is 0 Å². The number of allylic oxidation sites excluding steroid dienone is 3. The van der Waals surface area contributed by atoms with Gasteiger partial charge in [-0.2, -0.15) is 0 Å². The Bertz CT molecular complexity index is 523. The van der Waals surface area contributed by atoms with E-state index in [1.165, 1.54) is 10.6 Å². The van der Waals surface area contributed by atoms with Gasteiger partial charge in [-0.1, -0.05) is 39.8 Å². The summed E-state index contributed by atoms with van der Waals surface area (Å²) in [5.74, 6) is 2.75. The minimum Gasteiger partial charge on any atom is -0.344 e. The van der Waals surface area contributed by atoms with Crippen LogP contribution in [0.15, 0.2) is 17.1 Å². The van der Waals surface area contributed by atoms with Gasteiger partial charge in [0.1, 0.15) is 5.82 Å². The largest absolute Gasteiger partial charge is 0.344 e. The highest BCUT2D eigenvalue weighted by Gasteiger charge is 2.34. The molecule has 2 aliphatic rings. The Kier molecular flexibility index (Phi) is 2.89. The second-order valence-corrected chi connectivity index (χ2v) is 6.99. The van der Waals surface area contributed by atoms with Gasteiger partial charge in [0.25, 0.3) is 0 Å². The molecule has 0 saturated carbocycles. The number of nitrogens with one attached hydrogen (secondary N) is 1. The molecule has 0 bridgehead atoms. The predicted octanol–water partition coefficient (Wildman–Crippen LogP) is 4.50. The second kappa shape index (κ2) is 4.30. The van der Waals surface area contributed by atoms with Gasteiger partial charge in [0.2, 0.25) is 0 Å². The molecule has 1 aliphatic carbocycles. The lowest BCUT2D eigenvalue weighted by atomic mass is 9.95. The third kappa shape index (κ3) is 1.85. The summed E-state index contributed by atoms with van der Waals surface area (Å²) in [6.45, 7) is 8.91. The smallest absolute Gasteiger partial charge is 0.109 e. The molecule has 2 heterocycles. The van der Waals surface area contributed by atoms with Gasteiger partial charge in [0.15, 0.2) is 0 Å². The van der Waals surface area contributed by atoms with Crippen LogP contribution in [0, 0.1) is 11.8 Å². The van der Waals surface area contributed by atoms with E-state index in [9.17, 15) is 0 Å². The third-order valence-corrected chi connectivity index (χ3v) is 5.31. The van der Waals surface area contributed by atoms with E-state index in [4.69, 9.17) is 4.98 Å². The number of imidazole rings is 1. The molecular weight excluding hydrogens is 240 g/mol. The Balaban J connectivity index is 1.95. The zero-order chi connectivity index (χ0) is 12.9. The molecular formula is C15H20N2S. The van der Waals surface area contributed by atoms with Crippen LogP contribution >= 0.6 is 11.8 Å². The zero-order valence-corrected chi connectivity index (χ0v) is 12.2. The Labute approximate surface area is 113 Å². The van der Waals surface area contributed by atoms with E-state index in [1.807, 2.05) is 11.8 Å². The fourth-order valence-corrected chi connectivity index (χ4v) is 3.94. The molecule has 2 unspecified atom stereocenters. The van der Waals surface area contributed by atoms with Gasteiger partial charge < -0.3 is 4.98 Å². The normalized spacial score (nSPS) is 25.6. The topological polar surface area (TPSA) is 28.7 Å². The molecule has 0 aromatic carbocycles. The van der Waals surface area contributed by atoms with Crippen molar-refractivity contribution in [2.24, 2.45) is 11.8 Å². The van der Waals surface area contributed by atoms with Crippen molar-refractivity contribution in [1.29, 1.82) is 0 Å². The van der Waals surface area contributed by atoms with Crippen LogP contribution in [0.25, 0.3) is 6.08 Å². The molecule has 0 fully saturated rings. The van der Waals surface area contributed by atoms with Gasteiger partial charge >= 0.3 is 0 Å². The molecule has 0 radical (unpaired) electrons. The lowest BCUT2D eigenvalue weighted by Gasteiger charge is -2.19. The summed E-state index contributed by atoms with van der Waals surface area (Å²) in [6.07, 6.45) is 6.91. The van der Waals surface area contributed by atoms with E-state index < -0.39 is 0 Å². The van der Waals surface area contributed by atoms with Crippen molar-refractivity contribution in [3.63, 3.8) is 0 Å². The van der Waals surface area contributed by atoms with E-state index in [0.29, 0.717) is 23.0 Å². The maximum Gasteiger partial charge on any atom is 0.109 e. The highest BCUT2D eigenvalue weighted by atomic mass is 32.2. The first kappa shape index (κ1) is 12.1. The number of thioether (sulfide) groups is 1. The summed E-state index contributed by atoms with van der Waals surface area (Å²) in [7, 11) is 0. The van der Waals surface area contributed by atoms with E-state index in [1.54, 1.807) is 0 Å². The molecule has 18 heavy (non-hydrogen) atoms. The van der Waals surface area contributed by atoms with E-state index in [2.05, 4.69) is 50.9 Å². The summed E-state index contributed by atoms with van der Waals surface area (Å²) in [6, 6.07) is 0. The van der Waals surface area contributed by atoms with Crippen molar-refractivity contribution < 1.29 is 0 Å². The van der Waals surface area contributed by atoms with Crippen molar-refractivity contribution >= 4 is 17.8 Å². The SMILES string of the molecule is CC(C)C1=CC2C=Cc3nc(C(C)C)[nH]c3C2S1. The average molecular weight is 260 g/mol. The fraction of sp³-hybridized carbons (Fsp3) is 0.533. The van der Waals surface area contributed by atoms with Crippen LogP contribution in [0.5, 0.6) is 0 Å². The summed E-state index contributed by atoms with van der Waals surface area (Å²) >= 11 is 2.01. The summed E-state index contributed by atoms with van der Waals surface area (Å²) < 4.78 is 0. The van der Waals surface area contributed by atoms with Gasteiger partial charge in [-0.05, 0) is 16.9 Å². The van der Waals surface area contributed by atoms with E-state index >= 15 is 0 Å². The molecule has 2 nitrogen and oxygen atoms in total. The van der Waals surface area contributed by atoms with Crippen LogP contribution in [0.2, 0.25) is 0 Å². The number of nitrogens with zero attached hydrogens (tertiary/aromatic N) is 1. The summed E-state index contributed by atoms with van der Waals surface area (Å²) in [4.78, 5) is 9.77. The Hall–Kier alpha value is -0.960. The maximum atomic E-state index is 4.70. The Morgan fingerprint density at radius 3 is 2.67 bits per heavy atom. The average Bonchev–Trinajstić information content (AvgIpc) is 2.91. The molecule has 0 saturated heterocycles. The highest BCUT2D eigenvalue weighted by molar-refractivity contribution is 8.03. The van der Waals surface area contributed by atoms with Gasteiger partial charge in [-0.15, -0.1) is 11.8 Å². The van der Waals surface area contributed by atoms with E-state index in [-0.39, 0.29) is 0 Å². The monoisotopic (exact) mass is 260 g/mol. The minimum absolute atomic E-state index is 0.464. The number of H-pyrrole nitrogens is 1. The van der Waals surface area contributed by atoms with Crippen LogP contribution in [0.1, 0.15) is 56.1 Å². The molecule has 1 aromatic rings. The number of fused-ring (bicyclic) bond motifs is 3. The number of aromatic nitrogens is 2. The quantitative estimate of drug-likeness (QED) is 0.848. The number of hydrogen-bond acceptors (Lipinski definition) is 2. The molecule has 0 spiro atoms. The van der Waals surface area contributed by atoms with E-state index in [0.717, 1.165) is 11.5 Å². The summed E-state index contributed by atoms with van der Waals surface area (Å²) in [5.41, 5.74) is 2.47. The van der Waals surface area contributed by atoms with Crippen LogP contribution in [0.3, 0.4) is 0 Å². The van der Waals surface area contributed by atoms with Gasteiger partial charge in [-0.3, -0.25) is 0 Å². The maximum absolute atomic E-state index is 4.70. The van der Waals surface area contributed by atoms with Crippen molar-refractivity contribution in [2.75, 3.05) is 0 Å². The van der Waals surface area contributed by atoms with Crippen LogP contribution in [-0.4, -0.2) is 9.97 Å². The Morgan fingerprint density at radius 2 is 2.00 bits per heavy atom. The third-order valence-electron chi connectivity index (χ3n) is 3.63. The van der Waals surface area contributed by atoms with Gasteiger partial charge in [0, 0.05) is 11.8 Å². The van der Waals surface area contributed by atoms with Crippen molar-refractivity contribution in [2.45, 2.75) is 38.9 Å². The van der Waals surface area contributed by atoms with Crippen LogP contribution < -0.4 is 0 Å². The first-order chi connectivity index (χ1) is 8.56. The highest BCUT2D eigenvalue weighted by Crippen LogP contribution is 2.52. The number of rotatable bonds is 2. The van der Waals surface area contributed by atoms with Crippen molar-refractivity contribution in [3.05, 3.63) is 34.3 Å². The fourth-order valence-electron chi connectivity index (χ4n) is 2.52. The molecule has 1 aromatic heterocycles. The number of hydrogen-bond donors (Lipinski definition) is 1. The number of aromatic amines is 1. The van der Waals surface area contributed by atoms with Crippen molar-refractivity contribution in [1.82, 2.24) is 9.97 Å². The Morgan fingerprint density at radius 1 is 1.22 bits per heavy atom. The second-order valence-electron chi connectivity index (χ2n) is 5.77. The molecule has 3 rings (SSSR count). The summed E-state index contributed by atoms with van der Waals surface area (Å²) in [5, 5.41) is 0.516. The van der Waals surface area contributed by atoms with Crippen LogP contribution in [0.4, 0.5) is 0 Å². The molecule has 0 amide bonds. The lowest BCUT2D eigenvalue weighted by Crippen LogP contribution is -2.07. The minimum atomic E-state index is 0.464. The molecule has 1 N–H and O–H groups in total. The molecule has 2 atom stereocenters. The first-order valence-corrected chi connectivity index (χ1v) is 7.60. The van der Waals surface area contributed by atoms with Gasteiger partial charge in [-0.25, -0.2) is 4.98 Å². The zero-order valence-electron chi connectivity index (χ0n) is 11.4. The first-order valence-electron chi connectivity index (χ1n) is 6.72. The standard InChI is InChI=1S/C15H20N2S/c1-8(2)12-7-10-5-6-11-13(14(10)18-12)17-15(16-11)9(3)4/h5-10,14H,1-4H3,(H,16,17). The predicted molar refractivity (Wildman–Crippen MR) is 78.5 cm³/mol. The molecule has 96 valence electrons. The van der Waals surface area contributed by atoms with Crippen molar-refractivity contribution in [3.8, 4) is 0 Å².